The summed E-state index contributed by atoms with van der Waals surface area (Å²) in [5.74, 6) is 0.335. The number of benzene rings is 1. The highest BCUT2D eigenvalue weighted by atomic mass is 16.2. The number of nitrogens with zero attached hydrogens (tertiary/aromatic N) is 2. The van der Waals surface area contributed by atoms with Crippen molar-refractivity contribution in [3.05, 3.63) is 35.9 Å². The summed E-state index contributed by atoms with van der Waals surface area (Å²) in [7, 11) is 4.20. The minimum absolute atomic E-state index is 0.132. The zero-order chi connectivity index (χ0) is 16.9. The van der Waals surface area contributed by atoms with E-state index in [1.54, 1.807) is 0 Å². The molecule has 0 unspecified atom stereocenters. The Bertz CT molecular complexity index is 501. The van der Waals surface area contributed by atoms with Crippen LogP contribution >= 0.6 is 0 Å². The molecule has 1 aliphatic rings. The van der Waals surface area contributed by atoms with Gasteiger partial charge in [-0.15, -0.1) is 0 Å². The van der Waals surface area contributed by atoms with Crippen LogP contribution < -0.4 is 5.32 Å². The van der Waals surface area contributed by atoms with Gasteiger partial charge in [-0.1, -0.05) is 30.3 Å². The maximum absolute atomic E-state index is 12.5. The number of hydrogen-bond acceptors (Lipinski definition) is 3. The summed E-state index contributed by atoms with van der Waals surface area (Å²) < 4.78 is 0. The normalized spacial score (nSPS) is 19.8. The Kier molecular flexibility index (Phi) is 6.19. The molecule has 1 aliphatic heterocycles. The molecule has 0 radical (unpaired) electrons. The molecular formula is C19H31N3O. The van der Waals surface area contributed by atoms with E-state index < -0.39 is 0 Å². The van der Waals surface area contributed by atoms with Gasteiger partial charge in [-0.05, 0) is 52.9 Å². The van der Waals surface area contributed by atoms with Gasteiger partial charge < -0.3 is 10.2 Å². The van der Waals surface area contributed by atoms with Gasteiger partial charge in [-0.3, -0.25) is 9.69 Å². The lowest BCUT2D eigenvalue weighted by Gasteiger charge is -2.35. The topological polar surface area (TPSA) is 35.6 Å². The molecule has 1 aromatic carbocycles. The molecule has 4 nitrogen and oxygen atoms in total. The third-order valence-electron chi connectivity index (χ3n) is 4.42. The Balaban J connectivity index is 1.84. The molecule has 0 bridgehead atoms. The summed E-state index contributed by atoms with van der Waals surface area (Å²) in [5, 5.41) is 3.26. The van der Waals surface area contributed by atoms with Crippen molar-refractivity contribution in [1.82, 2.24) is 15.1 Å². The molecule has 1 aromatic rings. The molecule has 1 heterocycles. The van der Waals surface area contributed by atoms with Gasteiger partial charge in [0.15, 0.2) is 0 Å². The van der Waals surface area contributed by atoms with Crippen molar-refractivity contribution in [2.24, 2.45) is 5.92 Å². The number of nitrogens with one attached hydrogen (secondary N) is 1. The van der Waals surface area contributed by atoms with Crippen LogP contribution in [0.4, 0.5) is 0 Å². The number of piperidine rings is 1. The van der Waals surface area contributed by atoms with Crippen molar-refractivity contribution < 1.29 is 4.79 Å². The van der Waals surface area contributed by atoms with Crippen LogP contribution in [0.1, 0.15) is 32.3 Å². The number of carbonyl (C=O) groups excluding carboxylic acids is 1. The van der Waals surface area contributed by atoms with E-state index in [0.717, 1.165) is 39.0 Å². The molecule has 1 amide bonds. The summed E-state index contributed by atoms with van der Waals surface area (Å²) in [6.45, 7) is 7.93. The minimum atomic E-state index is -0.226. The summed E-state index contributed by atoms with van der Waals surface area (Å²) in [5.41, 5.74) is 1.07. The number of rotatable bonds is 6. The van der Waals surface area contributed by atoms with Crippen LogP contribution in [0.15, 0.2) is 30.3 Å². The Labute approximate surface area is 140 Å². The summed E-state index contributed by atoms with van der Waals surface area (Å²) in [6.07, 6.45) is 2.12. The number of likely N-dealkylation sites (N-methyl/N-ethyl adjacent to an activating group) is 1. The maximum Gasteiger partial charge on any atom is 0.224 e. The molecule has 1 saturated heterocycles. The van der Waals surface area contributed by atoms with Gasteiger partial charge in [-0.25, -0.2) is 0 Å². The SMILES string of the molecule is CN1CCC[C@@H](C(=O)NC(C)(C)CN(C)Cc2ccccc2)C1. The number of amides is 1. The highest BCUT2D eigenvalue weighted by Crippen LogP contribution is 2.17. The molecule has 0 saturated carbocycles. The quantitative estimate of drug-likeness (QED) is 0.875. The molecule has 0 aromatic heterocycles. The predicted molar refractivity (Wildman–Crippen MR) is 95.2 cm³/mol. The summed E-state index contributed by atoms with van der Waals surface area (Å²) in [6, 6.07) is 10.4. The lowest BCUT2D eigenvalue weighted by atomic mass is 9.95. The molecule has 0 spiro atoms. The van der Waals surface area contributed by atoms with E-state index in [2.05, 4.69) is 67.3 Å². The van der Waals surface area contributed by atoms with Crippen LogP contribution in [0.3, 0.4) is 0 Å². The third-order valence-corrected chi connectivity index (χ3v) is 4.42. The number of hydrogen-bond donors (Lipinski definition) is 1. The second kappa shape index (κ2) is 7.93. The van der Waals surface area contributed by atoms with E-state index in [4.69, 9.17) is 0 Å². The fourth-order valence-electron chi connectivity index (χ4n) is 3.48. The smallest absolute Gasteiger partial charge is 0.224 e. The third kappa shape index (κ3) is 5.96. The fourth-order valence-corrected chi connectivity index (χ4v) is 3.48. The van der Waals surface area contributed by atoms with Crippen LogP contribution in [-0.4, -0.2) is 55.0 Å². The first-order chi connectivity index (χ1) is 10.9. The van der Waals surface area contributed by atoms with Crippen LogP contribution in [0.25, 0.3) is 0 Å². The first kappa shape index (κ1) is 18.0. The van der Waals surface area contributed by atoms with Gasteiger partial charge in [0.2, 0.25) is 5.91 Å². The van der Waals surface area contributed by atoms with Gasteiger partial charge >= 0.3 is 0 Å². The van der Waals surface area contributed by atoms with Crippen molar-refractivity contribution in [2.45, 2.75) is 38.8 Å². The van der Waals surface area contributed by atoms with E-state index in [1.807, 2.05) is 6.07 Å². The first-order valence-corrected chi connectivity index (χ1v) is 8.59. The number of likely N-dealkylation sites (tertiary alicyclic amines) is 1. The lowest BCUT2D eigenvalue weighted by Crippen LogP contribution is -2.53. The van der Waals surface area contributed by atoms with Gasteiger partial charge in [0.05, 0.1) is 5.92 Å². The van der Waals surface area contributed by atoms with Gasteiger partial charge in [0.25, 0.3) is 0 Å². The summed E-state index contributed by atoms with van der Waals surface area (Å²) >= 11 is 0. The maximum atomic E-state index is 12.5. The second-order valence-electron chi connectivity index (χ2n) is 7.63. The Morgan fingerprint density at radius 1 is 1.35 bits per heavy atom. The first-order valence-electron chi connectivity index (χ1n) is 8.59. The van der Waals surface area contributed by atoms with E-state index in [0.29, 0.717) is 0 Å². The van der Waals surface area contributed by atoms with E-state index in [1.165, 1.54) is 5.56 Å². The van der Waals surface area contributed by atoms with Crippen LogP contribution in [0.5, 0.6) is 0 Å². The van der Waals surface area contributed by atoms with Crippen molar-refractivity contribution in [1.29, 1.82) is 0 Å². The van der Waals surface area contributed by atoms with Gasteiger partial charge in [-0.2, -0.15) is 0 Å². The molecule has 0 aliphatic carbocycles. The van der Waals surface area contributed by atoms with Crippen LogP contribution in [0.2, 0.25) is 0 Å². The highest BCUT2D eigenvalue weighted by molar-refractivity contribution is 5.79. The predicted octanol–water partition coefficient (Wildman–Crippen LogP) is 2.35. The highest BCUT2D eigenvalue weighted by Gasteiger charge is 2.29. The zero-order valence-corrected chi connectivity index (χ0v) is 15.0. The lowest BCUT2D eigenvalue weighted by molar-refractivity contribution is -0.128. The molecule has 23 heavy (non-hydrogen) atoms. The molecule has 1 atom stereocenters. The van der Waals surface area contributed by atoms with Crippen molar-refractivity contribution in [3.8, 4) is 0 Å². The second-order valence-corrected chi connectivity index (χ2v) is 7.63. The molecule has 4 heteroatoms. The van der Waals surface area contributed by atoms with E-state index in [9.17, 15) is 4.79 Å². The van der Waals surface area contributed by atoms with Crippen molar-refractivity contribution in [3.63, 3.8) is 0 Å². The van der Waals surface area contributed by atoms with Crippen LogP contribution in [-0.2, 0) is 11.3 Å². The van der Waals surface area contributed by atoms with Gasteiger partial charge in [0.1, 0.15) is 0 Å². The van der Waals surface area contributed by atoms with Crippen LogP contribution in [0, 0.1) is 5.92 Å². The summed E-state index contributed by atoms with van der Waals surface area (Å²) in [4.78, 5) is 17.1. The number of carbonyl (C=O) groups is 1. The Morgan fingerprint density at radius 2 is 2.04 bits per heavy atom. The standard InChI is InChI=1S/C19H31N3O/c1-19(2,15-22(4)13-16-9-6-5-7-10-16)20-18(23)17-11-8-12-21(3)14-17/h5-7,9-10,17H,8,11-15H2,1-4H3,(H,20,23)/t17-/m1/s1. The Hall–Kier alpha value is -1.39. The Morgan fingerprint density at radius 3 is 2.70 bits per heavy atom. The zero-order valence-electron chi connectivity index (χ0n) is 15.0. The van der Waals surface area contributed by atoms with Gasteiger partial charge in [0, 0.05) is 25.2 Å². The molecular weight excluding hydrogens is 286 g/mol. The average molecular weight is 317 g/mol. The minimum Gasteiger partial charge on any atom is -0.350 e. The van der Waals surface area contributed by atoms with E-state index >= 15 is 0 Å². The molecule has 1 N–H and O–H groups in total. The van der Waals surface area contributed by atoms with E-state index in [-0.39, 0.29) is 17.4 Å². The molecule has 128 valence electrons. The van der Waals surface area contributed by atoms with Crippen molar-refractivity contribution >= 4 is 5.91 Å². The van der Waals surface area contributed by atoms with Crippen molar-refractivity contribution in [2.75, 3.05) is 33.7 Å². The average Bonchev–Trinajstić information content (AvgIpc) is 2.47. The fraction of sp³-hybridized carbons (Fsp3) is 0.632. The molecule has 1 fully saturated rings. The molecule has 2 rings (SSSR count). The monoisotopic (exact) mass is 317 g/mol. The largest absolute Gasteiger partial charge is 0.350 e.